The Hall–Kier alpha value is -2.14. The van der Waals surface area contributed by atoms with E-state index in [1.165, 1.54) is 0 Å². The number of benzene rings is 1. The number of nitrogens with one attached hydrogen (secondary N) is 3. The Morgan fingerprint density at radius 2 is 1.71 bits per heavy atom. The first-order chi connectivity index (χ1) is 11.2. The van der Waals surface area contributed by atoms with Crippen LogP contribution in [0.2, 0.25) is 0 Å². The van der Waals surface area contributed by atoms with Gasteiger partial charge in [0.2, 0.25) is 11.5 Å². The Kier molecular flexibility index (Phi) is 5.44. The van der Waals surface area contributed by atoms with Gasteiger partial charge in [0, 0.05) is 28.7 Å². The Balaban J connectivity index is 2.36. The molecule has 1 aromatic heterocycles. The van der Waals surface area contributed by atoms with Crippen molar-refractivity contribution >= 4 is 22.5 Å². The number of aromatic nitrogens is 1. The standard InChI is InChI=1S/C19H27N3O2/c1-10(2)18(20-11(3)4)19(24)22-15-9-14-12(5)8-17(23)21-16(14)7-13(15)6/h7-11,18,20H,1-6H3,(H,21,23)(H,22,24). The quantitative estimate of drug-likeness (QED) is 0.789. The van der Waals surface area contributed by atoms with Crippen LogP contribution in [0, 0.1) is 19.8 Å². The van der Waals surface area contributed by atoms with Crippen molar-refractivity contribution in [2.24, 2.45) is 5.92 Å². The molecule has 5 nitrogen and oxygen atoms in total. The Bertz CT molecular complexity index is 806. The van der Waals surface area contributed by atoms with E-state index in [0.29, 0.717) is 0 Å². The van der Waals surface area contributed by atoms with Crippen molar-refractivity contribution < 1.29 is 4.79 Å². The third-order valence-corrected chi connectivity index (χ3v) is 4.11. The topological polar surface area (TPSA) is 74.0 Å². The molecule has 5 heteroatoms. The molecule has 0 aliphatic carbocycles. The van der Waals surface area contributed by atoms with Crippen LogP contribution in [0.1, 0.15) is 38.8 Å². The fourth-order valence-electron chi connectivity index (χ4n) is 2.86. The first-order valence-corrected chi connectivity index (χ1v) is 8.40. The lowest BCUT2D eigenvalue weighted by Crippen LogP contribution is -2.47. The zero-order valence-electron chi connectivity index (χ0n) is 15.3. The molecule has 130 valence electrons. The second-order valence-corrected chi connectivity index (χ2v) is 7.06. The third-order valence-electron chi connectivity index (χ3n) is 4.11. The van der Waals surface area contributed by atoms with Crippen molar-refractivity contribution in [1.29, 1.82) is 0 Å². The average Bonchev–Trinajstić information content (AvgIpc) is 2.45. The number of amides is 1. The molecule has 1 unspecified atom stereocenters. The van der Waals surface area contributed by atoms with Crippen molar-refractivity contribution in [1.82, 2.24) is 10.3 Å². The minimum Gasteiger partial charge on any atom is -0.324 e. The maximum Gasteiger partial charge on any atom is 0.248 e. The van der Waals surface area contributed by atoms with Gasteiger partial charge in [0.05, 0.1) is 6.04 Å². The van der Waals surface area contributed by atoms with Crippen LogP contribution in [-0.4, -0.2) is 23.0 Å². The second-order valence-electron chi connectivity index (χ2n) is 7.06. The number of aryl methyl sites for hydroxylation is 2. The highest BCUT2D eigenvalue weighted by Crippen LogP contribution is 2.24. The highest BCUT2D eigenvalue weighted by molar-refractivity contribution is 5.98. The lowest BCUT2D eigenvalue weighted by Gasteiger charge is -2.24. The van der Waals surface area contributed by atoms with E-state index in [9.17, 15) is 9.59 Å². The summed E-state index contributed by atoms with van der Waals surface area (Å²) in [6, 6.07) is 5.38. The van der Waals surface area contributed by atoms with Gasteiger partial charge in [-0.15, -0.1) is 0 Å². The van der Waals surface area contributed by atoms with E-state index in [0.717, 1.165) is 27.7 Å². The molecule has 0 aliphatic rings. The van der Waals surface area contributed by atoms with Gasteiger partial charge in [-0.1, -0.05) is 27.7 Å². The molecule has 1 amide bonds. The van der Waals surface area contributed by atoms with Crippen molar-refractivity contribution in [3.63, 3.8) is 0 Å². The number of anilines is 1. The summed E-state index contributed by atoms with van der Waals surface area (Å²) in [5.74, 6) is 0.148. The average molecular weight is 329 g/mol. The number of rotatable bonds is 5. The van der Waals surface area contributed by atoms with Crippen LogP contribution in [-0.2, 0) is 4.79 Å². The molecular formula is C19H27N3O2. The normalized spacial score (nSPS) is 12.8. The fourth-order valence-corrected chi connectivity index (χ4v) is 2.86. The first kappa shape index (κ1) is 18.2. The minimum absolute atomic E-state index is 0.0387. The number of carbonyl (C=O) groups excluding carboxylic acids is 1. The zero-order chi connectivity index (χ0) is 18.0. The number of hydrogen-bond acceptors (Lipinski definition) is 3. The predicted octanol–water partition coefficient (Wildman–Crippen LogP) is 3.11. The zero-order valence-corrected chi connectivity index (χ0v) is 15.3. The van der Waals surface area contributed by atoms with Crippen molar-refractivity contribution in [2.45, 2.75) is 53.6 Å². The van der Waals surface area contributed by atoms with Gasteiger partial charge in [0.15, 0.2) is 0 Å². The second kappa shape index (κ2) is 7.18. The highest BCUT2D eigenvalue weighted by Gasteiger charge is 2.23. The smallest absolute Gasteiger partial charge is 0.248 e. The maximum atomic E-state index is 12.7. The molecule has 3 N–H and O–H groups in total. The van der Waals surface area contributed by atoms with E-state index in [4.69, 9.17) is 0 Å². The van der Waals surface area contributed by atoms with Gasteiger partial charge in [-0.25, -0.2) is 0 Å². The number of H-pyrrole nitrogens is 1. The summed E-state index contributed by atoms with van der Waals surface area (Å²) in [4.78, 5) is 27.1. The third kappa shape index (κ3) is 4.03. The van der Waals surface area contributed by atoms with Gasteiger partial charge >= 0.3 is 0 Å². The molecule has 24 heavy (non-hydrogen) atoms. The van der Waals surface area contributed by atoms with Crippen LogP contribution in [0.3, 0.4) is 0 Å². The molecule has 0 aliphatic heterocycles. The van der Waals surface area contributed by atoms with Gasteiger partial charge < -0.3 is 15.6 Å². The van der Waals surface area contributed by atoms with Crippen LogP contribution in [0.5, 0.6) is 0 Å². The van der Waals surface area contributed by atoms with Crippen LogP contribution in [0.25, 0.3) is 10.9 Å². The predicted molar refractivity (Wildman–Crippen MR) is 99.6 cm³/mol. The van der Waals surface area contributed by atoms with Crippen LogP contribution in [0.15, 0.2) is 23.0 Å². The Morgan fingerprint density at radius 1 is 1.04 bits per heavy atom. The summed E-state index contributed by atoms with van der Waals surface area (Å²) in [6.45, 7) is 11.9. The molecule has 0 radical (unpaired) electrons. The lowest BCUT2D eigenvalue weighted by molar-refractivity contribution is -0.119. The molecule has 0 fully saturated rings. The van der Waals surface area contributed by atoms with Crippen molar-refractivity contribution in [3.05, 3.63) is 39.7 Å². The van der Waals surface area contributed by atoms with E-state index in [2.05, 4.69) is 15.6 Å². The molecule has 0 saturated heterocycles. The maximum absolute atomic E-state index is 12.7. The molecule has 0 spiro atoms. The molecule has 1 heterocycles. The molecule has 2 rings (SSSR count). The number of aromatic amines is 1. The largest absolute Gasteiger partial charge is 0.324 e. The summed E-state index contributed by atoms with van der Waals surface area (Å²) >= 11 is 0. The van der Waals surface area contributed by atoms with E-state index in [1.54, 1.807) is 6.07 Å². The van der Waals surface area contributed by atoms with Crippen molar-refractivity contribution in [3.8, 4) is 0 Å². The molecule has 1 aromatic carbocycles. The molecule has 0 saturated carbocycles. The summed E-state index contributed by atoms with van der Waals surface area (Å²) in [5.41, 5.74) is 3.27. The number of pyridine rings is 1. The van der Waals surface area contributed by atoms with Crippen LogP contribution in [0.4, 0.5) is 5.69 Å². The minimum atomic E-state index is -0.253. The lowest BCUT2D eigenvalue weighted by atomic mass is 10.0. The summed E-state index contributed by atoms with van der Waals surface area (Å²) in [5, 5.41) is 7.29. The molecule has 1 atom stereocenters. The van der Waals surface area contributed by atoms with Crippen LogP contribution < -0.4 is 16.2 Å². The summed E-state index contributed by atoms with van der Waals surface area (Å²) < 4.78 is 0. The van der Waals surface area contributed by atoms with Gasteiger partial charge in [-0.2, -0.15) is 0 Å². The molecule has 2 aromatic rings. The summed E-state index contributed by atoms with van der Waals surface area (Å²) in [6.07, 6.45) is 0. The summed E-state index contributed by atoms with van der Waals surface area (Å²) in [7, 11) is 0. The van der Waals surface area contributed by atoms with E-state index in [-0.39, 0.29) is 29.5 Å². The Labute approximate surface area is 142 Å². The van der Waals surface area contributed by atoms with Gasteiger partial charge in [0.1, 0.15) is 0 Å². The number of carbonyl (C=O) groups is 1. The Morgan fingerprint density at radius 3 is 2.29 bits per heavy atom. The van der Waals surface area contributed by atoms with Crippen LogP contribution >= 0.6 is 0 Å². The molecular weight excluding hydrogens is 302 g/mol. The SMILES string of the molecule is Cc1cc2[nH]c(=O)cc(C)c2cc1NC(=O)C(NC(C)C)C(C)C. The first-order valence-electron chi connectivity index (χ1n) is 8.40. The van der Waals surface area contributed by atoms with Gasteiger partial charge in [-0.05, 0) is 43.0 Å². The van der Waals surface area contributed by atoms with E-state index in [1.807, 2.05) is 53.7 Å². The van der Waals surface area contributed by atoms with E-state index >= 15 is 0 Å². The number of fused-ring (bicyclic) bond motifs is 1. The van der Waals surface area contributed by atoms with E-state index < -0.39 is 0 Å². The number of hydrogen-bond donors (Lipinski definition) is 3. The monoisotopic (exact) mass is 329 g/mol. The van der Waals surface area contributed by atoms with Gasteiger partial charge in [0.25, 0.3) is 0 Å². The van der Waals surface area contributed by atoms with Crippen molar-refractivity contribution in [2.75, 3.05) is 5.32 Å². The highest BCUT2D eigenvalue weighted by atomic mass is 16.2. The van der Waals surface area contributed by atoms with Gasteiger partial charge in [-0.3, -0.25) is 9.59 Å². The molecule has 0 bridgehead atoms. The fraction of sp³-hybridized carbons (Fsp3) is 0.474.